The van der Waals surface area contributed by atoms with Crippen LogP contribution in [0.25, 0.3) is 0 Å². The highest BCUT2D eigenvalue weighted by molar-refractivity contribution is 7.92. The van der Waals surface area contributed by atoms with E-state index >= 15 is 0 Å². The maximum absolute atomic E-state index is 13.0. The van der Waals surface area contributed by atoms with Gasteiger partial charge in [-0.25, -0.2) is 8.42 Å². The lowest BCUT2D eigenvalue weighted by Gasteiger charge is -2.27. The number of amides is 2. The number of benzene rings is 2. The second kappa shape index (κ2) is 9.17. The quantitative estimate of drug-likeness (QED) is 0.731. The van der Waals surface area contributed by atoms with Crippen LogP contribution in [0.2, 0.25) is 0 Å². The van der Waals surface area contributed by atoms with E-state index < -0.39 is 10.0 Å². The molecule has 8 nitrogen and oxygen atoms in total. The molecule has 2 amide bonds. The van der Waals surface area contributed by atoms with Crippen LogP contribution in [0.1, 0.15) is 36.5 Å². The predicted molar refractivity (Wildman–Crippen MR) is 114 cm³/mol. The lowest BCUT2D eigenvalue weighted by molar-refractivity contribution is -0.114. The first-order valence-electron chi connectivity index (χ1n) is 9.68. The van der Waals surface area contributed by atoms with Crippen LogP contribution in [0.3, 0.4) is 0 Å². The van der Waals surface area contributed by atoms with Crippen molar-refractivity contribution >= 4 is 33.2 Å². The fourth-order valence-corrected chi connectivity index (χ4v) is 4.48. The Hall–Kier alpha value is -3.07. The lowest BCUT2D eigenvalue weighted by atomic mass is 10.1. The highest BCUT2D eigenvalue weighted by Crippen LogP contribution is 2.29. The average molecular weight is 432 g/mol. The molecule has 1 fully saturated rings. The predicted octanol–water partition coefficient (Wildman–Crippen LogP) is 3.08. The van der Waals surface area contributed by atoms with Crippen molar-refractivity contribution in [2.75, 3.05) is 30.2 Å². The maximum atomic E-state index is 13.0. The van der Waals surface area contributed by atoms with E-state index in [0.717, 1.165) is 19.3 Å². The summed E-state index contributed by atoms with van der Waals surface area (Å²) in [6, 6.07) is 10.7. The first kappa shape index (κ1) is 21.6. The number of anilines is 2. The number of rotatable bonds is 6. The van der Waals surface area contributed by atoms with E-state index in [1.54, 1.807) is 29.2 Å². The third-order valence-electron chi connectivity index (χ3n) is 4.84. The van der Waals surface area contributed by atoms with Gasteiger partial charge in [0, 0.05) is 20.0 Å². The number of carbonyl (C=O) groups excluding carboxylic acids is 2. The number of nitrogens with zero attached hydrogens (tertiary/aromatic N) is 1. The monoisotopic (exact) mass is 431 g/mol. The first-order valence-corrected chi connectivity index (χ1v) is 11.2. The molecule has 1 saturated heterocycles. The van der Waals surface area contributed by atoms with Gasteiger partial charge in [0.15, 0.2) is 0 Å². The molecular weight excluding hydrogens is 406 g/mol. The highest BCUT2D eigenvalue weighted by Gasteiger charge is 2.24. The number of ether oxygens (including phenoxy) is 1. The number of nitrogens with one attached hydrogen (secondary N) is 2. The molecule has 0 spiro atoms. The number of carbonyl (C=O) groups is 2. The van der Waals surface area contributed by atoms with E-state index in [9.17, 15) is 18.0 Å². The number of hydrogen-bond donors (Lipinski definition) is 2. The van der Waals surface area contributed by atoms with Crippen molar-refractivity contribution in [1.29, 1.82) is 0 Å². The minimum atomic E-state index is -4.01. The molecule has 0 radical (unpaired) electrons. The first-order chi connectivity index (χ1) is 14.3. The fourth-order valence-electron chi connectivity index (χ4n) is 3.37. The van der Waals surface area contributed by atoms with Gasteiger partial charge in [0.1, 0.15) is 5.75 Å². The third-order valence-corrected chi connectivity index (χ3v) is 6.20. The number of sulfonamides is 1. The summed E-state index contributed by atoms with van der Waals surface area (Å²) in [6.07, 6.45) is 2.97. The highest BCUT2D eigenvalue weighted by atomic mass is 32.2. The molecule has 3 rings (SSSR count). The van der Waals surface area contributed by atoms with E-state index in [-0.39, 0.29) is 28.1 Å². The van der Waals surface area contributed by atoms with Gasteiger partial charge in [-0.3, -0.25) is 14.3 Å². The smallest absolute Gasteiger partial charge is 0.261 e. The Morgan fingerprint density at radius 2 is 1.70 bits per heavy atom. The van der Waals surface area contributed by atoms with E-state index in [2.05, 4.69) is 10.0 Å². The largest absolute Gasteiger partial charge is 0.495 e. The topological polar surface area (TPSA) is 105 Å². The summed E-state index contributed by atoms with van der Waals surface area (Å²) in [5, 5.41) is 2.56. The molecule has 2 aromatic carbocycles. The summed E-state index contributed by atoms with van der Waals surface area (Å²) in [7, 11) is -2.58. The summed E-state index contributed by atoms with van der Waals surface area (Å²) in [4.78, 5) is 26.0. The second-order valence-electron chi connectivity index (χ2n) is 7.05. The Labute approximate surface area is 176 Å². The number of piperidine rings is 1. The Balaban J connectivity index is 1.91. The number of likely N-dealkylation sites (tertiary alicyclic amines) is 1. The molecule has 0 atom stereocenters. The molecule has 2 aromatic rings. The van der Waals surface area contributed by atoms with Crippen LogP contribution in [0.15, 0.2) is 47.4 Å². The standard InChI is InChI=1S/C21H25N3O5S/c1-15(25)22-19-14-16(10-11-20(19)29-2)30(27,28)23-18-9-5-4-8-17(18)21(26)24-12-6-3-7-13-24/h4-5,8-11,14,23H,3,6-7,12-13H2,1-2H3,(H,22,25). The van der Waals surface area contributed by atoms with Crippen LogP contribution in [0.5, 0.6) is 5.75 Å². The van der Waals surface area contributed by atoms with Gasteiger partial charge in [-0.15, -0.1) is 0 Å². The van der Waals surface area contributed by atoms with Crippen molar-refractivity contribution < 1.29 is 22.7 Å². The molecule has 1 aliphatic heterocycles. The Kier molecular flexibility index (Phi) is 6.61. The van der Waals surface area contributed by atoms with E-state index in [4.69, 9.17) is 4.74 Å². The van der Waals surface area contributed by atoms with Gasteiger partial charge in [-0.2, -0.15) is 0 Å². The summed E-state index contributed by atoms with van der Waals surface area (Å²) in [5.74, 6) is -0.209. The van der Waals surface area contributed by atoms with Crippen LogP contribution in [-0.2, 0) is 14.8 Å². The van der Waals surface area contributed by atoms with Crippen molar-refractivity contribution in [3.63, 3.8) is 0 Å². The molecule has 9 heteroatoms. The maximum Gasteiger partial charge on any atom is 0.261 e. The minimum absolute atomic E-state index is 0.0627. The zero-order valence-electron chi connectivity index (χ0n) is 17.0. The van der Waals surface area contributed by atoms with Gasteiger partial charge in [-0.05, 0) is 49.6 Å². The molecule has 30 heavy (non-hydrogen) atoms. The summed E-state index contributed by atoms with van der Waals surface area (Å²) < 4.78 is 33.7. The van der Waals surface area contributed by atoms with Crippen molar-refractivity contribution in [3.8, 4) is 5.75 Å². The van der Waals surface area contributed by atoms with E-state index in [1.165, 1.54) is 32.2 Å². The van der Waals surface area contributed by atoms with Gasteiger partial charge in [0.05, 0.1) is 28.9 Å². The van der Waals surface area contributed by atoms with Gasteiger partial charge in [0.2, 0.25) is 5.91 Å². The molecule has 0 unspecified atom stereocenters. The van der Waals surface area contributed by atoms with Gasteiger partial charge < -0.3 is 15.0 Å². The normalized spacial score (nSPS) is 14.1. The van der Waals surface area contributed by atoms with Gasteiger partial charge >= 0.3 is 0 Å². The van der Waals surface area contributed by atoms with Crippen molar-refractivity contribution in [2.45, 2.75) is 31.1 Å². The Morgan fingerprint density at radius 3 is 2.37 bits per heavy atom. The molecular formula is C21H25N3O5S. The molecule has 0 aromatic heterocycles. The summed E-state index contributed by atoms with van der Waals surface area (Å²) in [5.41, 5.74) is 0.758. The van der Waals surface area contributed by atoms with Crippen LogP contribution in [-0.4, -0.2) is 45.3 Å². The average Bonchev–Trinajstić information content (AvgIpc) is 2.73. The number of hydrogen-bond acceptors (Lipinski definition) is 5. The lowest BCUT2D eigenvalue weighted by Crippen LogP contribution is -2.36. The summed E-state index contributed by atoms with van der Waals surface area (Å²) in [6.45, 7) is 2.65. The molecule has 0 aliphatic carbocycles. The van der Waals surface area contributed by atoms with Crippen molar-refractivity contribution in [1.82, 2.24) is 4.90 Å². The van der Waals surface area contributed by atoms with Crippen LogP contribution < -0.4 is 14.8 Å². The second-order valence-corrected chi connectivity index (χ2v) is 8.73. The zero-order valence-corrected chi connectivity index (χ0v) is 17.8. The van der Waals surface area contributed by atoms with E-state index in [1.807, 2.05) is 0 Å². The third kappa shape index (κ3) is 4.91. The van der Waals surface area contributed by atoms with E-state index in [0.29, 0.717) is 24.4 Å². The zero-order chi connectivity index (χ0) is 21.7. The fraction of sp³-hybridized carbons (Fsp3) is 0.333. The molecule has 0 bridgehead atoms. The summed E-state index contributed by atoms with van der Waals surface area (Å²) >= 11 is 0. The number of methoxy groups -OCH3 is 1. The van der Waals surface area contributed by atoms with Crippen molar-refractivity contribution in [3.05, 3.63) is 48.0 Å². The Bertz CT molecular complexity index is 1050. The van der Waals surface area contributed by atoms with Crippen LogP contribution in [0, 0.1) is 0 Å². The minimum Gasteiger partial charge on any atom is -0.495 e. The SMILES string of the molecule is COc1ccc(S(=O)(=O)Nc2ccccc2C(=O)N2CCCCC2)cc1NC(C)=O. The Morgan fingerprint density at radius 1 is 1.00 bits per heavy atom. The van der Waals surface area contributed by atoms with Gasteiger partial charge in [-0.1, -0.05) is 12.1 Å². The molecule has 0 saturated carbocycles. The molecule has 1 heterocycles. The number of para-hydroxylation sites is 1. The molecule has 160 valence electrons. The van der Waals surface area contributed by atoms with Gasteiger partial charge in [0.25, 0.3) is 15.9 Å². The molecule has 1 aliphatic rings. The van der Waals surface area contributed by atoms with Crippen molar-refractivity contribution in [2.24, 2.45) is 0 Å². The molecule has 2 N–H and O–H groups in total. The van der Waals surface area contributed by atoms with Crippen LogP contribution >= 0.6 is 0 Å². The van der Waals surface area contributed by atoms with Crippen LogP contribution in [0.4, 0.5) is 11.4 Å².